The zero-order valence-electron chi connectivity index (χ0n) is 13.6. The Morgan fingerprint density at radius 2 is 2.00 bits per heavy atom. The molecule has 0 aliphatic heterocycles. The van der Waals surface area contributed by atoms with Gasteiger partial charge in [-0.2, -0.15) is 0 Å². The van der Waals surface area contributed by atoms with E-state index in [2.05, 4.69) is 17.6 Å². The molecule has 6 heteroatoms. The van der Waals surface area contributed by atoms with Gasteiger partial charge >= 0.3 is 0 Å². The Bertz CT molecular complexity index is 800. The van der Waals surface area contributed by atoms with Crippen LogP contribution in [0, 0.1) is 5.92 Å². The van der Waals surface area contributed by atoms with E-state index in [4.69, 9.17) is 11.6 Å². The number of fused-ring (bicyclic) bond motifs is 1. The van der Waals surface area contributed by atoms with Gasteiger partial charge in [-0.1, -0.05) is 30.7 Å². The Kier molecular flexibility index (Phi) is 4.92. The summed E-state index contributed by atoms with van der Waals surface area (Å²) in [5.74, 6) is 0.148. The van der Waals surface area contributed by atoms with Gasteiger partial charge in [-0.15, -0.1) is 11.3 Å². The van der Waals surface area contributed by atoms with Crippen LogP contribution in [0.15, 0.2) is 24.3 Å². The van der Waals surface area contributed by atoms with Crippen LogP contribution >= 0.6 is 22.9 Å². The maximum atomic E-state index is 12.6. The molecule has 0 spiro atoms. The highest BCUT2D eigenvalue weighted by Gasteiger charge is 2.28. The number of carbonyl (C=O) groups is 2. The van der Waals surface area contributed by atoms with E-state index in [1.807, 2.05) is 0 Å². The maximum Gasteiger partial charge on any atom is 0.257 e. The quantitative estimate of drug-likeness (QED) is 0.862. The molecule has 1 aromatic carbocycles. The summed E-state index contributed by atoms with van der Waals surface area (Å²) in [6, 6.07) is 6.89. The van der Waals surface area contributed by atoms with Crippen molar-refractivity contribution in [1.29, 1.82) is 0 Å². The second-order valence-electron chi connectivity index (χ2n) is 6.07. The lowest BCUT2D eigenvalue weighted by atomic mass is 9.88. The summed E-state index contributed by atoms with van der Waals surface area (Å²) in [4.78, 5) is 26.1. The molecule has 3 rings (SSSR count). The zero-order valence-corrected chi connectivity index (χ0v) is 15.2. The monoisotopic (exact) mass is 362 g/mol. The molecule has 2 N–H and O–H groups in total. The first-order chi connectivity index (χ1) is 11.5. The van der Waals surface area contributed by atoms with Crippen molar-refractivity contribution in [3.8, 4) is 0 Å². The van der Waals surface area contributed by atoms with Gasteiger partial charge in [-0.05, 0) is 42.9 Å². The minimum absolute atomic E-state index is 0.156. The van der Waals surface area contributed by atoms with Gasteiger partial charge in [-0.3, -0.25) is 9.59 Å². The maximum absolute atomic E-state index is 12.6. The number of rotatable bonds is 3. The first-order valence-corrected chi connectivity index (χ1v) is 9.13. The van der Waals surface area contributed by atoms with Crippen molar-refractivity contribution in [3.63, 3.8) is 0 Å². The Morgan fingerprint density at radius 3 is 2.71 bits per heavy atom. The molecular weight excluding hydrogens is 344 g/mol. The predicted molar refractivity (Wildman–Crippen MR) is 98.3 cm³/mol. The third-order valence-electron chi connectivity index (χ3n) is 4.31. The van der Waals surface area contributed by atoms with E-state index in [1.165, 1.54) is 16.2 Å². The van der Waals surface area contributed by atoms with Crippen LogP contribution in [-0.2, 0) is 12.8 Å². The smallest absolute Gasteiger partial charge is 0.257 e. The fourth-order valence-corrected chi connectivity index (χ4v) is 4.64. The average molecular weight is 363 g/mol. The summed E-state index contributed by atoms with van der Waals surface area (Å²) in [7, 11) is 1.61. The van der Waals surface area contributed by atoms with Gasteiger partial charge in [0.2, 0.25) is 0 Å². The summed E-state index contributed by atoms with van der Waals surface area (Å²) in [5.41, 5.74) is 2.08. The van der Waals surface area contributed by atoms with Crippen LogP contribution < -0.4 is 10.6 Å². The Hall–Kier alpha value is -1.85. The van der Waals surface area contributed by atoms with Crippen molar-refractivity contribution in [2.45, 2.75) is 26.2 Å². The first kappa shape index (κ1) is 17.0. The van der Waals surface area contributed by atoms with E-state index < -0.39 is 0 Å². The van der Waals surface area contributed by atoms with Gasteiger partial charge in [0.1, 0.15) is 5.00 Å². The number of hydrogen-bond donors (Lipinski definition) is 2. The molecule has 1 heterocycles. The Morgan fingerprint density at radius 1 is 1.25 bits per heavy atom. The van der Waals surface area contributed by atoms with Gasteiger partial charge in [0.05, 0.1) is 16.1 Å². The molecule has 0 bridgehead atoms. The summed E-state index contributed by atoms with van der Waals surface area (Å²) in [6.07, 6.45) is 2.88. The number of amides is 2. The van der Waals surface area contributed by atoms with E-state index in [9.17, 15) is 9.59 Å². The van der Waals surface area contributed by atoms with Crippen molar-refractivity contribution >= 4 is 39.8 Å². The van der Waals surface area contributed by atoms with Gasteiger partial charge in [0.25, 0.3) is 11.8 Å². The summed E-state index contributed by atoms with van der Waals surface area (Å²) < 4.78 is 0. The molecule has 24 heavy (non-hydrogen) atoms. The number of halogens is 1. The number of benzene rings is 1. The van der Waals surface area contributed by atoms with Crippen molar-refractivity contribution in [2.75, 3.05) is 12.4 Å². The highest BCUT2D eigenvalue weighted by molar-refractivity contribution is 7.17. The van der Waals surface area contributed by atoms with Gasteiger partial charge in [0, 0.05) is 11.9 Å². The van der Waals surface area contributed by atoms with Crippen molar-refractivity contribution in [2.24, 2.45) is 5.92 Å². The van der Waals surface area contributed by atoms with Crippen molar-refractivity contribution < 1.29 is 9.59 Å². The largest absolute Gasteiger partial charge is 0.355 e. The van der Waals surface area contributed by atoms with Crippen LogP contribution in [0.1, 0.15) is 44.5 Å². The third-order valence-corrected chi connectivity index (χ3v) is 5.81. The Labute approximate surface area is 150 Å². The zero-order chi connectivity index (χ0) is 17.3. The van der Waals surface area contributed by atoms with Gasteiger partial charge in [0.15, 0.2) is 0 Å². The molecule has 1 aliphatic carbocycles. The number of carbonyl (C=O) groups excluding carboxylic acids is 2. The molecular formula is C18H19ClN2O2S. The second kappa shape index (κ2) is 6.95. The summed E-state index contributed by atoms with van der Waals surface area (Å²) >= 11 is 7.60. The first-order valence-electron chi connectivity index (χ1n) is 7.93. The predicted octanol–water partition coefficient (Wildman–Crippen LogP) is 4.14. The van der Waals surface area contributed by atoms with Crippen molar-refractivity contribution in [3.05, 3.63) is 50.9 Å². The van der Waals surface area contributed by atoms with Gasteiger partial charge in [-0.25, -0.2) is 0 Å². The highest BCUT2D eigenvalue weighted by atomic mass is 35.5. The van der Waals surface area contributed by atoms with Gasteiger partial charge < -0.3 is 10.6 Å². The van der Waals surface area contributed by atoms with E-state index in [-0.39, 0.29) is 11.8 Å². The van der Waals surface area contributed by atoms with Crippen LogP contribution in [-0.4, -0.2) is 18.9 Å². The molecule has 1 unspecified atom stereocenters. The molecule has 0 fully saturated rings. The lowest BCUT2D eigenvalue weighted by Crippen LogP contribution is -2.22. The number of thiophene rings is 1. The molecule has 1 atom stereocenters. The molecule has 2 amide bonds. The van der Waals surface area contributed by atoms with Crippen LogP contribution in [0.25, 0.3) is 0 Å². The van der Waals surface area contributed by atoms with Crippen LogP contribution in [0.3, 0.4) is 0 Å². The summed E-state index contributed by atoms with van der Waals surface area (Å²) in [6.45, 7) is 2.21. The minimum Gasteiger partial charge on any atom is -0.355 e. The van der Waals surface area contributed by atoms with E-state index in [1.54, 1.807) is 31.3 Å². The molecule has 1 aromatic heterocycles. The molecule has 2 aromatic rings. The lowest BCUT2D eigenvalue weighted by molar-refractivity contribution is 0.0963. The topological polar surface area (TPSA) is 58.2 Å². The third kappa shape index (κ3) is 3.19. The van der Waals surface area contributed by atoms with Crippen LogP contribution in [0.4, 0.5) is 5.00 Å². The Balaban J connectivity index is 1.97. The number of anilines is 1. The van der Waals surface area contributed by atoms with Crippen LogP contribution in [0.5, 0.6) is 0 Å². The molecule has 126 valence electrons. The fraction of sp³-hybridized carbons (Fsp3) is 0.333. The molecule has 4 nitrogen and oxygen atoms in total. The number of nitrogens with one attached hydrogen (secondary N) is 2. The molecule has 1 aliphatic rings. The highest BCUT2D eigenvalue weighted by Crippen LogP contribution is 2.39. The molecule has 0 saturated carbocycles. The van der Waals surface area contributed by atoms with Crippen LogP contribution in [0.2, 0.25) is 5.02 Å². The van der Waals surface area contributed by atoms with E-state index >= 15 is 0 Å². The van der Waals surface area contributed by atoms with Crippen molar-refractivity contribution in [1.82, 2.24) is 5.32 Å². The molecule has 0 radical (unpaired) electrons. The minimum atomic E-state index is -0.294. The average Bonchev–Trinajstić information content (AvgIpc) is 2.91. The van der Waals surface area contributed by atoms with E-state index in [0.717, 1.165) is 24.8 Å². The standard InChI is InChI=1S/C18H19ClN2O2S/c1-10-7-8-12-14(9-10)24-18(15(12)17(23)20-2)21-16(22)11-5-3-4-6-13(11)19/h3-6,10H,7-9H2,1-2H3,(H,20,23)(H,21,22). The number of hydrogen-bond acceptors (Lipinski definition) is 3. The van der Waals surface area contributed by atoms with E-state index in [0.29, 0.717) is 27.1 Å². The normalized spacial score (nSPS) is 16.4. The summed E-state index contributed by atoms with van der Waals surface area (Å²) in [5, 5.41) is 6.58. The lowest BCUT2D eigenvalue weighted by Gasteiger charge is -2.18. The SMILES string of the molecule is CNC(=O)c1c(NC(=O)c2ccccc2Cl)sc2c1CCC(C)C2. The molecule has 0 saturated heterocycles. The fourth-order valence-electron chi connectivity index (χ4n) is 3.02. The second-order valence-corrected chi connectivity index (χ2v) is 7.58.